The maximum absolute atomic E-state index is 11.2. The minimum absolute atomic E-state index is 0.293. The van der Waals surface area contributed by atoms with Gasteiger partial charge in [-0.15, -0.1) is 0 Å². The highest BCUT2D eigenvalue weighted by Crippen LogP contribution is 2.34. The van der Waals surface area contributed by atoms with E-state index in [0.717, 1.165) is 22.2 Å². The maximum Gasteiger partial charge on any atom is 0.308 e. The SMILES string of the molecule is COc1cc(C=Cc2ccc3ccccc3n2)c(Cl)cc1OC(C)=O. The topological polar surface area (TPSA) is 48.4 Å². The van der Waals surface area contributed by atoms with Gasteiger partial charge in [0.25, 0.3) is 0 Å². The van der Waals surface area contributed by atoms with Gasteiger partial charge < -0.3 is 9.47 Å². The van der Waals surface area contributed by atoms with Crippen LogP contribution in [-0.2, 0) is 4.79 Å². The van der Waals surface area contributed by atoms with E-state index in [1.54, 1.807) is 12.1 Å². The first-order chi connectivity index (χ1) is 12.1. The number of aromatic nitrogens is 1. The molecule has 1 aromatic heterocycles. The third-order valence-electron chi connectivity index (χ3n) is 3.59. The first kappa shape index (κ1) is 17.0. The Balaban J connectivity index is 1.92. The summed E-state index contributed by atoms with van der Waals surface area (Å²) in [5.41, 5.74) is 2.49. The number of hydrogen-bond acceptors (Lipinski definition) is 4. The van der Waals surface area contributed by atoms with Crippen LogP contribution < -0.4 is 9.47 Å². The molecule has 3 aromatic rings. The number of carbonyl (C=O) groups is 1. The van der Waals surface area contributed by atoms with E-state index in [-0.39, 0.29) is 0 Å². The van der Waals surface area contributed by atoms with Crippen molar-refractivity contribution in [2.75, 3.05) is 7.11 Å². The molecule has 2 aromatic carbocycles. The second-order valence-corrected chi connectivity index (χ2v) is 5.79. The van der Waals surface area contributed by atoms with Gasteiger partial charge in [0, 0.05) is 18.4 Å². The number of nitrogens with zero attached hydrogens (tertiary/aromatic N) is 1. The standard InChI is InChI=1S/C20H16ClNO3/c1-13(23)25-20-12-17(21)15(11-19(20)24-2)8-10-16-9-7-14-5-3-4-6-18(14)22-16/h3-12H,1-2H3. The molecule has 25 heavy (non-hydrogen) atoms. The number of halogens is 1. The highest BCUT2D eigenvalue weighted by Gasteiger charge is 2.11. The molecule has 0 saturated carbocycles. The Labute approximate surface area is 150 Å². The number of esters is 1. The molecular formula is C20H16ClNO3. The molecule has 0 unspecified atom stereocenters. The number of methoxy groups -OCH3 is 1. The number of hydrogen-bond donors (Lipinski definition) is 0. The van der Waals surface area contributed by atoms with E-state index in [0.29, 0.717) is 16.5 Å². The van der Waals surface area contributed by atoms with Crippen molar-refractivity contribution in [3.63, 3.8) is 0 Å². The van der Waals surface area contributed by atoms with Crippen LogP contribution in [0.2, 0.25) is 5.02 Å². The summed E-state index contributed by atoms with van der Waals surface area (Å²) in [5.74, 6) is 0.296. The molecule has 0 bridgehead atoms. The van der Waals surface area contributed by atoms with Crippen LogP contribution in [0.15, 0.2) is 48.5 Å². The quantitative estimate of drug-likeness (QED) is 0.489. The van der Waals surface area contributed by atoms with Crippen LogP contribution in [0.25, 0.3) is 23.1 Å². The molecule has 5 heteroatoms. The zero-order valence-corrected chi connectivity index (χ0v) is 14.6. The van der Waals surface area contributed by atoms with Crippen LogP contribution in [0.4, 0.5) is 0 Å². The molecule has 126 valence electrons. The van der Waals surface area contributed by atoms with Gasteiger partial charge in [0.2, 0.25) is 0 Å². The Hall–Kier alpha value is -2.85. The molecule has 0 aliphatic rings. The van der Waals surface area contributed by atoms with Gasteiger partial charge in [0.1, 0.15) is 0 Å². The fraction of sp³-hybridized carbons (Fsp3) is 0.100. The van der Waals surface area contributed by atoms with Gasteiger partial charge in [-0.1, -0.05) is 41.9 Å². The van der Waals surface area contributed by atoms with Crippen molar-refractivity contribution in [3.8, 4) is 11.5 Å². The van der Waals surface area contributed by atoms with Crippen LogP contribution in [-0.4, -0.2) is 18.1 Å². The Bertz CT molecular complexity index is 966. The molecule has 0 aliphatic heterocycles. The molecule has 4 nitrogen and oxygen atoms in total. The number of carbonyl (C=O) groups excluding carboxylic acids is 1. The van der Waals surface area contributed by atoms with Gasteiger partial charge in [-0.2, -0.15) is 0 Å². The summed E-state index contributed by atoms with van der Waals surface area (Å²) in [6.45, 7) is 1.33. The largest absolute Gasteiger partial charge is 0.493 e. The number of fused-ring (bicyclic) bond motifs is 1. The molecule has 3 rings (SSSR count). The Kier molecular flexibility index (Phi) is 5.00. The van der Waals surface area contributed by atoms with Crippen molar-refractivity contribution in [3.05, 3.63) is 64.8 Å². The van der Waals surface area contributed by atoms with Crippen LogP contribution in [0.5, 0.6) is 11.5 Å². The zero-order valence-electron chi connectivity index (χ0n) is 13.8. The number of pyridine rings is 1. The minimum Gasteiger partial charge on any atom is -0.493 e. The van der Waals surface area contributed by atoms with Gasteiger partial charge in [-0.25, -0.2) is 4.98 Å². The number of para-hydroxylation sites is 1. The summed E-state index contributed by atoms with van der Waals surface area (Å²) in [7, 11) is 1.51. The predicted octanol–water partition coefficient (Wildman–Crippen LogP) is 4.99. The van der Waals surface area contributed by atoms with Crippen LogP contribution in [0, 0.1) is 0 Å². The van der Waals surface area contributed by atoms with Gasteiger partial charge in [0.15, 0.2) is 11.5 Å². The molecule has 0 N–H and O–H groups in total. The average molecular weight is 354 g/mol. The lowest BCUT2D eigenvalue weighted by Gasteiger charge is -2.10. The molecule has 1 heterocycles. The van der Waals surface area contributed by atoms with E-state index in [1.165, 1.54) is 14.0 Å². The lowest BCUT2D eigenvalue weighted by molar-refractivity contribution is -0.132. The summed E-state index contributed by atoms with van der Waals surface area (Å²) in [6.07, 6.45) is 3.72. The van der Waals surface area contributed by atoms with Gasteiger partial charge in [-0.05, 0) is 29.8 Å². The number of benzene rings is 2. The van der Waals surface area contributed by atoms with E-state index in [2.05, 4.69) is 4.98 Å². The Morgan fingerprint density at radius 3 is 2.64 bits per heavy atom. The van der Waals surface area contributed by atoms with Crippen molar-refractivity contribution in [2.24, 2.45) is 0 Å². The molecule has 0 saturated heterocycles. The predicted molar refractivity (Wildman–Crippen MR) is 100.0 cm³/mol. The van der Waals surface area contributed by atoms with E-state index in [4.69, 9.17) is 21.1 Å². The highest BCUT2D eigenvalue weighted by atomic mass is 35.5. The normalized spacial score (nSPS) is 11.0. The fourth-order valence-corrected chi connectivity index (χ4v) is 2.64. The van der Waals surface area contributed by atoms with Crippen molar-refractivity contribution in [1.82, 2.24) is 4.98 Å². The monoisotopic (exact) mass is 353 g/mol. The third kappa shape index (κ3) is 3.98. The molecule has 0 fully saturated rings. The average Bonchev–Trinajstić information content (AvgIpc) is 2.60. The summed E-state index contributed by atoms with van der Waals surface area (Å²) in [4.78, 5) is 15.7. The lowest BCUT2D eigenvalue weighted by Crippen LogP contribution is -2.03. The van der Waals surface area contributed by atoms with Crippen LogP contribution in [0.3, 0.4) is 0 Å². The second-order valence-electron chi connectivity index (χ2n) is 5.38. The smallest absolute Gasteiger partial charge is 0.308 e. The van der Waals surface area contributed by atoms with Crippen molar-refractivity contribution < 1.29 is 14.3 Å². The van der Waals surface area contributed by atoms with E-state index in [1.807, 2.05) is 48.6 Å². The summed E-state index contributed by atoms with van der Waals surface area (Å²) in [6, 6.07) is 15.2. The van der Waals surface area contributed by atoms with E-state index < -0.39 is 5.97 Å². The first-order valence-corrected chi connectivity index (χ1v) is 8.04. The van der Waals surface area contributed by atoms with Gasteiger partial charge in [-0.3, -0.25) is 4.79 Å². The summed E-state index contributed by atoms with van der Waals surface area (Å²) in [5, 5.41) is 1.54. The molecule has 0 aliphatic carbocycles. The highest BCUT2D eigenvalue weighted by molar-refractivity contribution is 6.32. The van der Waals surface area contributed by atoms with Crippen LogP contribution >= 0.6 is 11.6 Å². The molecule has 0 atom stereocenters. The summed E-state index contributed by atoms with van der Waals surface area (Å²) >= 11 is 6.28. The maximum atomic E-state index is 11.2. The second kappa shape index (κ2) is 7.36. The third-order valence-corrected chi connectivity index (χ3v) is 3.92. The molecule has 0 amide bonds. The molecule has 0 spiro atoms. The van der Waals surface area contributed by atoms with E-state index >= 15 is 0 Å². The minimum atomic E-state index is -0.432. The zero-order chi connectivity index (χ0) is 17.8. The molecular weight excluding hydrogens is 338 g/mol. The van der Waals surface area contributed by atoms with E-state index in [9.17, 15) is 4.79 Å². The van der Waals surface area contributed by atoms with Crippen molar-refractivity contribution in [1.29, 1.82) is 0 Å². The number of ether oxygens (including phenoxy) is 2. The van der Waals surface area contributed by atoms with Gasteiger partial charge >= 0.3 is 5.97 Å². The first-order valence-electron chi connectivity index (χ1n) is 7.66. The number of rotatable bonds is 4. The summed E-state index contributed by atoms with van der Waals surface area (Å²) < 4.78 is 10.4. The van der Waals surface area contributed by atoms with Crippen molar-refractivity contribution >= 4 is 40.6 Å². The van der Waals surface area contributed by atoms with Gasteiger partial charge in [0.05, 0.1) is 23.3 Å². The lowest BCUT2D eigenvalue weighted by atomic mass is 10.1. The van der Waals surface area contributed by atoms with Crippen LogP contribution in [0.1, 0.15) is 18.2 Å². The van der Waals surface area contributed by atoms with Crippen molar-refractivity contribution in [2.45, 2.75) is 6.92 Å². The molecule has 0 radical (unpaired) electrons. The Morgan fingerprint density at radius 2 is 1.88 bits per heavy atom. The Morgan fingerprint density at radius 1 is 1.08 bits per heavy atom. The fourth-order valence-electron chi connectivity index (χ4n) is 2.42.